The van der Waals surface area contributed by atoms with Gasteiger partial charge in [-0.3, -0.25) is 9.78 Å². The molecule has 1 N–H and O–H groups in total. The van der Waals surface area contributed by atoms with E-state index in [-0.39, 0.29) is 17.4 Å². The molecule has 0 radical (unpaired) electrons. The summed E-state index contributed by atoms with van der Waals surface area (Å²) in [7, 11) is 0. The quantitative estimate of drug-likeness (QED) is 0.716. The standard InChI is InChI=1S/C10H16N2O3/c1-8(2)15-7-3-5-12-6-4-9(13)11-10(12)14/h4,6,8H,3,5,7H2,1-2H3,(H,11,13,14). The van der Waals surface area contributed by atoms with E-state index in [9.17, 15) is 9.59 Å². The van der Waals surface area contributed by atoms with E-state index in [2.05, 4.69) is 4.98 Å². The Kier molecular flexibility index (Phi) is 4.30. The Balaban J connectivity index is 2.45. The second-order valence-corrected chi connectivity index (χ2v) is 3.58. The fourth-order valence-electron chi connectivity index (χ4n) is 1.17. The minimum absolute atomic E-state index is 0.206. The molecule has 5 nitrogen and oxygen atoms in total. The second kappa shape index (κ2) is 5.50. The number of ether oxygens (including phenoxy) is 1. The molecule has 0 fully saturated rings. The fraction of sp³-hybridized carbons (Fsp3) is 0.600. The largest absolute Gasteiger partial charge is 0.379 e. The van der Waals surface area contributed by atoms with Gasteiger partial charge in [-0.05, 0) is 20.3 Å². The van der Waals surface area contributed by atoms with Gasteiger partial charge in [-0.1, -0.05) is 0 Å². The number of rotatable bonds is 5. The maximum absolute atomic E-state index is 11.2. The van der Waals surface area contributed by atoms with E-state index in [4.69, 9.17) is 4.74 Å². The third-order valence-electron chi connectivity index (χ3n) is 1.89. The van der Waals surface area contributed by atoms with Gasteiger partial charge in [0.15, 0.2) is 0 Å². The van der Waals surface area contributed by atoms with Gasteiger partial charge in [-0.25, -0.2) is 4.79 Å². The molecule has 0 bridgehead atoms. The normalized spacial score (nSPS) is 10.9. The number of nitrogens with zero attached hydrogens (tertiary/aromatic N) is 1. The van der Waals surface area contributed by atoms with E-state index >= 15 is 0 Å². The van der Waals surface area contributed by atoms with Gasteiger partial charge in [0.25, 0.3) is 5.56 Å². The van der Waals surface area contributed by atoms with E-state index in [1.54, 1.807) is 0 Å². The van der Waals surface area contributed by atoms with Crippen LogP contribution in [0.1, 0.15) is 20.3 Å². The van der Waals surface area contributed by atoms with Crippen molar-refractivity contribution >= 4 is 0 Å². The van der Waals surface area contributed by atoms with Gasteiger partial charge in [0, 0.05) is 25.4 Å². The Hall–Kier alpha value is -1.36. The summed E-state index contributed by atoms with van der Waals surface area (Å²) in [6.07, 6.45) is 2.46. The van der Waals surface area contributed by atoms with Crippen LogP contribution < -0.4 is 11.2 Å². The van der Waals surface area contributed by atoms with Crippen LogP contribution in [0.15, 0.2) is 21.9 Å². The first-order valence-electron chi connectivity index (χ1n) is 5.01. The van der Waals surface area contributed by atoms with Gasteiger partial charge >= 0.3 is 5.69 Å². The Morgan fingerprint density at radius 3 is 2.80 bits per heavy atom. The van der Waals surface area contributed by atoms with Crippen molar-refractivity contribution < 1.29 is 4.74 Å². The topological polar surface area (TPSA) is 64.1 Å². The number of hydrogen-bond donors (Lipinski definition) is 1. The zero-order valence-corrected chi connectivity index (χ0v) is 9.03. The summed E-state index contributed by atoms with van der Waals surface area (Å²) in [5, 5.41) is 0. The molecule has 0 aromatic carbocycles. The van der Waals surface area contributed by atoms with E-state index in [0.717, 1.165) is 6.42 Å². The maximum Gasteiger partial charge on any atom is 0.328 e. The predicted molar refractivity (Wildman–Crippen MR) is 57.0 cm³/mol. The zero-order valence-electron chi connectivity index (χ0n) is 9.03. The van der Waals surface area contributed by atoms with Gasteiger partial charge in [-0.15, -0.1) is 0 Å². The van der Waals surface area contributed by atoms with E-state index in [1.807, 2.05) is 13.8 Å². The van der Waals surface area contributed by atoms with Crippen molar-refractivity contribution in [3.8, 4) is 0 Å². The summed E-state index contributed by atoms with van der Waals surface area (Å²) in [5.74, 6) is 0. The molecule has 0 spiro atoms. The van der Waals surface area contributed by atoms with Gasteiger partial charge in [0.1, 0.15) is 0 Å². The van der Waals surface area contributed by atoms with Crippen molar-refractivity contribution in [3.63, 3.8) is 0 Å². The number of hydrogen-bond acceptors (Lipinski definition) is 3. The molecule has 0 atom stereocenters. The number of H-pyrrole nitrogens is 1. The second-order valence-electron chi connectivity index (χ2n) is 3.58. The summed E-state index contributed by atoms with van der Waals surface area (Å²) in [6, 6.07) is 1.34. The van der Waals surface area contributed by atoms with Crippen LogP contribution in [-0.4, -0.2) is 22.3 Å². The van der Waals surface area contributed by atoms with Crippen molar-refractivity contribution in [1.29, 1.82) is 0 Å². The molecule has 0 aliphatic carbocycles. The van der Waals surface area contributed by atoms with Gasteiger partial charge in [0.05, 0.1) is 6.10 Å². The van der Waals surface area contributed by atoms with Crippen LogP contribution in [-0.2, 0) is 11.3 Å². The van der Waals surface area contributed by atoms with Crippen molar-refractivity contribution in [1.82, 2.24) is 9.55 Å². The van der Waals surface area contributed by atoms with E-state index in [1.165, 1.54) is 16.8 Å². The lowest BCUT2D eigenvalue weighted by atomic mass is 10.4. The summed E-state index contributed by atoms with van der Waals surface area (Å²) >= 11 is 0. The van der Waals surface area contributed by atoms with Crippen molar-refractivity contribution in [3.05, 3.63) is 33.1 Å². The Labute approximate surface area is 87.7 Å². The smallest absolute Gasteiger partial charge is 0.328 e. The van der Waals surface area contributed by atoms with Crippen LogP contribution in [0.2, 0.25) is 0 Å². The number of aryl methyl sites for hydroxylation is 1. The highest BCUT2D eigenvalue weighted by Crippen LogP contribution is 1.91. The Bertz CT molecular complexity index is 406. The predicted octanol–water partition coefficient (Wildman–Crippen LogP) is 0.352. The van der Waals surface area contributed by atoms with Gasteiger partial charge in [0.2, 0.25) is 0 Å². The van der Waals surface area contributed by atoms with Crippen LogP contribution in [0.3, 0.4) is 0 Å². The van der Waals surface area contributed by atoms with Gasteiger partial charge < -0.3 is 9.30 Å². The molecule has 0 aliphatic rings. The Morgan fingerprint density at radius 1 is 1.47 bits per heavy atom. The highest BCUT2D eigenvalue weighted by atomic mass is 16.5. The minimum Gasteiger partial charge on any atom is -0.379 e. The van der Waals surface area contributed by atoms with Crippen LogP contribution in [0, 0.1) is 0 Å². The molecule has 84 valence electrons. The lowest BCUT2D eigenvalue weighted by Gasteiger charge is -2.07. The fourth-order valence-corrected chi connectivity index (χ4v) is 1.17. The molecule has 1 rings (SSSR count). The molecule has 1 heterocycles. The van der Waals surface area contributed by atoms with Crippen LogP contribution in [0.4, 0.5) is 0 Å². The SMILES string of the molecule is CC(C)OCCCn1ccc(=O)[nH]c1=O. The molecule has 0 saturated carbocycles. The number of aromatic nitrogens is 2. The summed E-state index contributed by atoms with van der Waals surface area (Å²) < 4.78 is 6.80. The highest BCUT2D eigenvalue weighted by molar-refractivity contribution is 4.82. The molecule has 0 aliphatic heterocycles. The first-order valence-corrected chi connectivity index (χ1v) is 5.01. The lowest BCUT2D eigenvalue weighted by molar-refractivity contribution is 0.0746. The molecule has 1 aromatic rings. The molecule has 0 amide bonds. The molecule has 1 aromatic heterocycles. The monoisotopic (exact) mass is 212 g/mol. The van der Waals surface area contributed by atoms with Crippen LogP contribution >= 0.6 is 0 Å². The van der Waals surface area contributed by atoms with Crippen molar-refractivity contribution in [2.45, 2.75) is 32.9 Å². The lowest BCUT2D eigenvalue weighted by Crippen LogP contribution is -2.29. The van der Waals surface area contributed by atoms with Crippen LogP contribution in [0.5, 0.6) is 0 Å². The summed E-state index contributed by atoms with van der Waals surface area (Å²) in [6.45, 7) is 5.10. The maximum atomic E-state index is 11.2. The van der Waals surface area contributed by atoms with E-state index in [0.29, 0.717) is 13.2 Å². The third-order valence-corrected chi connectivity index (χ3v) is 1.89. The molecular formula is C10H16N2O3. The Morgan fingerprint density at radius 2 is 2.20 bits per heavy atom. The molecule has 15 heavy (non-hydrogen) atoms. The third kappa shape index (κ3) is 4.12. The number of aromatic amines is 1. The summed E-state index contributed by atoms with van der Waals surface area (Å²) in [4.78, 5) is 24.2. The van der Waals surface area contributed by atoms with Crippen molar-refractivity contribution in [2.75, 3.05) is 6.61 Å². The average Bonchev–Trinajstić information content (AvgIpc) is 2.14. The minimum atomic E-state index is -0.368. The molecular weight excluding hydrogens is 196 g/mol. The first-order chi connectivity index (χ1) is 7.09. The first kappa shape index (κ1) is 11.7. The summed E-state index contributed by atoms with van der Waals surface area (Å²) in [5.41, 5.74) is -0.735. The molecule has 5 heteroatoms. The van der Waals surface area contributed by atoms with Crippen molar-refractivity contribution in [2.24, 2.45) is 0 Å². The zero-order chi connectivity index (χ0) is 11.3. The van der Waals surface area contributed by atoms with E-state index < -0.39 is 0 Å². The molecule has 0 unspecified atom stereocenters. The van der Waals surface area contributed by atoms with Crippen LogP contribution in [0.25, 0.3) is 0 Å². The van der Waals surface area contributed by atoms with Gasteiger partial charge in [-0.2, -0.15) is 0 Å². The number of nitrogens with one attached hydrogen (secondary N) is 1. The average molecular weight is 212 g/mol. The molecule has 0 saturated heterocycles. The highest BCUT2D eigenvalue weighted by Gasteiger charge is 1.97.